The Hall–Kier alpha value is -4.96. The summed E-state index contributed by atoms with van der Waals surface area (Å²) in [7, 11) is 1.64. The predicted octanol–water partition coefficient (Wildman–Crippen LogP) is 7.06. The third-order valence-corrected chi connectivity index (χ3v) is 7.76. The van der Waals surface area contributed by atoms with Crippen molar-refractivity contribution in [1.29, 1.82) is 5.26 Å². The molecule has 1 aliphatic rings. The monoisotopic (exact) mass is 559 g/mol. The van der Waals surface area contributed by atoms with Crippen LogP contribution in [0.4, 0.5) is 5.69 Å². The molecule has 0 saturated heterocycles. The highest BCUT2D eigenvalue weighted by Crippen LogP contribution is 2.45. The lowest BCUT2D eigenvalue weighted by Crippen LogP contribution is -2.29. The minimum atomic E-state index is -0.577. The van der Waals surface area contributed by atoms with Crippen molar-refractivity contribution in [3.63, 3.8) is 0 Å². The Balaban J connectivity index is 1.54. The highest BCUT2D eigenvalue weighted by Gasteiger charge is 2.35. The van der Waals surface area contributed by atoms with Gasteiger partial charge in [-0.25, -0.2) is 9.78 Å². The SMILES string of the molecule is COc1ccc(/C=C2/CC(C(C)(C)C)Cc3c2nc2ccccc2c3C(=O)OCC(=O)Nc2ccccc2C#N)cc1. The fourth-order valence-electron chi connectivity index (χ4n) is 5.35. The Morgan fingerprint density at radius 3 is 2.45 bits per heavy atom. The van der Waals surface area contributed by atoms with E-state index in [-0.39, 0.29) is 11.3 Å². The molecule has 5 rings (SSSR count). The number of esters is 1. The van der Waals surface area contributed by atoms with Crippen LogP contribution in [0.2, 0.25) is 0 Å². The molecule has 0 fully saturated rings. The van der Waals surface area contributed by atoms with Crippen LogP contribution in [0.25, 0.3) is 22.6 Å². The number of aromatic nitrogens is 1. The largest absolute Gasteiger partial charge is 0.497 e. The number of anilines is 1. The quantitative estimate of drug-likeness (QED) is 0.254. The van der Waals surface area contributed by atoms with Gasteiger partial charge in [-0.3, -0.25) is 4.79 Å². The summed E-state index contributed by atoms with van der Waals surface area (Å²) < 4.78 is 10.9. The number of ether oxygens (including phenoxy) is 2. The van der Waals surface area contributed by atoms with E-state index in [1.165, 1.54) is 0 Å². The minimum absolute atomic E-state index is 0.0302. The minimum Gasteiger partial charge on any atom is -0.497 e. The fraction of sp³-hybridized carbons (Fsp3) is 0.257. The van der Waals surface area contributed by atoms with E-state index < -0.39 is 18.5 Å². The van der Waals surface area contributed by atoms with E-state index in [2.05, 4.69) is 32.2 Å². The van der Waals surface area contributed by atoms with Crippen LogP contribution in [0.15, 0.2) is 72.8 Å². The number of benzene rings is 3. The van der Waals surface area contributed by atoms with E-state index in [0.29, 0.717) is 34.1 Å². The molecule has 0 bridgehead atoms. The molecule has 1 atom stereocenters. The molecule has 0 spiro atoms. The highest BCUT2D eigenvalue weighted by atomic mass is 16.5. The van der Waals surface area contributed by atoms with E-state index in [1.807, 2.05) is 54.6 Å². The summed E-state index contributed by atoms with van der Waals surface area (Å²) in [5, 5.41) is 12.7. The number of allylic oxidation sites excluding steroid dienone is 1. The lowest BCUT2D eigenvalue weighted by atomic mass is 9.69. The van der Waals surface area contributed by atoms with Gasteiger partial charge in [0, 0.05) is 5.39 Å². The summed E-state index contributed by atoms with van der Waals surface area (Å²) in [4.78, 5) is 31.6. The first-order valence-electron chi connectivity index (χ1n) is 13.9. The fourth-order valence-corrected chi connectivity index (χ4v) is 5.35. The molecule has 1 N–H and O–H groups in total. The molecule has 1 aliphatic carbocycles. The van der Waals surface area contributed by atoms with Gasteiger partial charge in [0.25, 0.3) is 5.91 Å². The number of hydrogen-bond acceptors (Lipinski definition) is 6. The topological polar surface area (TPSA) is 101 Å². The number of nitrogens with zero attached hydrogens (tertiary/aromatic N) is 2. The van der Waals surface area contributed by atoms with E-state index >= 15 is 0 Å². The zero-order valence-corrected chi connectivity index (χ0v) is 24.2. The van der Waals surface area contributed by atoms with Gasteiger partial charge in [0.1, 0.15) is 11.8 Å². The van der Waals surface area contributed by atoms with Gasteiger partial charge >= 0.3 is 5.97 Å². The van der Waals surface area contributed by atoms with Crippen molar-refractivity contribution in [3.05, 3.63) is 101 Å². The molecule has 0 aliphatic heterocycles. The third kappa shape index (κ3) is 6.03. The molecule has 4 aromatic rings. The lowest BCUT2D eigenvalue weighted by Gasteiger charge is -2.36. The van der Waals surface area contributed by atoms with Crippen molar-refractivity contribution in [1.82, 2.24) is 4.98 Å². The van der Waals surface area contributed by atoms with Gasteiger partial charge < -0.3 is 14.8 Å². The maximum absolute atomic E-state index is 13.8. The number of nitrogens with one attached hydrogen (secondary N) is 1. The maximum atomic E-state index is 13.8. The van der Waals surface area contributed by atoms with Crippen LogP contribution in [0.1, 0.15) is 59.9 Å². The average molecular weight is 560 g/mol. The van der Waals surface area contributed by atoms with Crippen molar-refractivity contribution < 1.29 is 19.1 Å². The van der Waals surface area contributed by atoms with E-state index in [9.17, 15) is 14.9 Å². The molecular formula is C35H33N3O4. The molecule has 212 valence electrons. The van der Waals surface area contributed by atoms with Gasteiger partial charge in [-0.05, 0) is 77.3 Å². The Kier molecular flexibility index (Phi) is 8.08. The first-order chi connectivity index (χ1) is 20.2. The van der Waals surface area contributed by atoms with Crippen molar-refractivity contribution in [2.75, 3.05) is 19.0 Å². The van der Waals surface area contributed by atoms with E-state index in [1.54, 1.807) is 31.4 Å². The highest BCUT2D eigenvalue weighted by molar-refractivity contribution is 6.07. The summed E-state index contributed by atoms with van der Waals surface area (Å²) in [5.74, 6) is -0.0734. The van der Waals surface area contributed by atoms with E-state index in [0.717, 1.165) is 34.6 Å². The Morgan fingerprint density at radius 1 is 1.02 bits per heavy atom. The molecule has 7 heteroatoms. The molecule has 1 amide bonds. The van der Waals surface area contributed by atoms with E-state index in [4.69, 9.17) is 14.5 Å². The molecule has 42 heavy (non-hydrogen) atoms. The van der Waals surface area contributed by atoms with Crippen molar-refractivity contribution in [3.8, 4) is 11.8 Å². The van der Waals surface area contributed by atoms with Crippen LogP contribution in [-0.2, 0) is 16.0 Å². The lowest BCUT2D eigenvalue weighted by molar-refractivity contribution is -0.119. The number of hydrogen-bond donors (Lipinski definition) is 1. The van der Waals surface area contributed by atoms with Crippen molar-refractivity contribution in [2.45, 2.75) is 33.6 Å². The van der Waals surface area contributed by atoms with Gasteiger partial charge in [0.05, 0.1) is 35.1 Å². The standard InChI is InChI=1S/C35H33N3O4/c1-35(2,3)25-18-24(17-22-13-15-26(41-4)16-14-22)33-28(19-25)32(27-10-6-8-12-30(27)38-33)34(40)42-21-31(39)37-29-11-7-5-9-23(29)20-36/h5-17,25H,18-19,21H2,1-4H3,(H,37,39)/b24-17-. The van der Waals surface area contributed by atoms with Crippen LogP contribution in [0.5, 0.6) is 5.75 Å². The number of fused-ring (bicyclic) bond motifs is 2. The number of nitriles is 1. The normalized spacial score (nSPS) is 15.5. The summed E-state index contributed by atoms with van der Waals surface area (Å²) in [6, 6.07) is 24.1. The molecule has 1 unspecified atom stereocenters. The Labute approximate surface area is 245 Å². The molecule has 1 aromatic heterocycles. The predicted molar refractivity (Wildman–Crippen MR) is 164 cm³/mol. The molecule has 1 heterocycles. The number of carbonyl (C=O) groups excluding carboxylic acids is 2. The molecule has 0 saturated carbocycles. The van der Waals surface area contributed by atoms with Gasteiger partial charge in [0.2, 0.25) is 0 Å². The number of carbonyl (C=O) groups is 2. The maximum Gasteiger partial charge on any atom is 0.339 e. The van der Waals surface area contributed by atoms with Gasteiger partial charge in [-0.2, -0.15) is 5.26 Å². The molecule has 0 radical (unpaired) electrons. The van der Waals surface area contributed by atoms with Gasteiger partial charge in [-0.15, -0.1) is 0 Å². The van der Waals surface area contributed by atoms with Crippen LogP contribution in [-0.4, -0.2) is 30.6 Å². The summed E-state index contributed by atoms with van der Waals surface area (Å²) in [6.07, 6.45) is 3.60. The van der Waals surface area contributed by atoms with Crippen LogP contribution < -0.4 is 10.1 Å². The van der Waals surface area contributed by atoms with Crippen molar-refractivity contribution >= 4 is 40.1 Å². The number of pyridine rings is 1. The summed E-state index contributed by atoms with van der Waals surface area (Å²) >= 11 is 0. The molecule has 3 aromatic carbocycles. The molecule has 7 nitrogen and oxygen atoms in total. The number of amides is 1. The summed E-state index contributed by atoms with van der Waals surface area (Å²) in [6.45, 7) is 6.15. The number of methoxy groups -OCH3 is 1. The second kappa shape index (κ2) is 11.9. The number of rotatable bonds is 6. The second-order valence-electron chi connectivity index (χ2n) is 11.5. The Bertz CT molecular complexity index is 1730. The van der Waals surface area contributed by atoms with Crippen LogP contribution >= 0.6 is 0 Å². The number of para-hydroxylation sites is 2. The van der Waals surface area contributed by atoms with Gasteiger partial charge in [0.15, 0.2) is 6.61 Å². The zero-order chi connectivity index (χ0) is 29.9. The second-order valence-corrected chi connectivity index (χ2v) is 11.5. The smallest absolute Gasteiger partial charge is 0.339 e. The van der Waals surface area contributed by atoms with Crippen molar-refractivity contribution in [2.24, 2.45) is 11.3 Å². The van der Waals surface area contributed by atoms with Gasteiger partial charge in [-0.1, -0.05) is 63.2 Å². The third-order valence-electron chi connectivity index (χ3n) is 7.76. The molecular weight excluding hydrogens is 526 g/mol. The Morgan fingerprint density at radius 2 is 1.74 bits per heavy atom. The van der Waals surface area contributed by atoms with Crippen LogP contribution in [0, 0.1) is 22.7 Å². The van der Waals surface area contributed by atoms with Crippen LogP contribution in [0.3, 0.4) is 0 Å². The first-order valence-corrected chi connectivity index (χ1v) is 13.9. The zero-order valence-electron chi connectivity index (χ0n) is 24.2. The average Bonchev–Trinajstić information content (AvgIpc) is 2.99. The summed E-state index contributed by atoms with van der Waals surface area (Å²) in [5.41, 5.74) is 5.47. The first kappa shape index (κ1) is 28.6.